The maximum Gasteiger partial charge on any atom is 0.0705 e. The van der Waals surface area contributed by atoms with E-state index in [9.17, 15) is 0 Å². The lowest BCUT2D eigenvalue weighted by Crippen LogP contribution is -2.41. The summed E-state index contributed by atoms with van der Waals surface area (Å²) in [5, 5.41) is 1.19. The van der Waals surface area contributed by atoms with Crippen molar-refractivity contribution in [1.29, 1.82) is 0 Å². The lowest BCUT2D eigenvalue weighted by molar-refractivity contribution is 0.355. The molecule has 0 aliphatic rings. The van der Waals surface area contributed by atoms with Crippen molar-refractivity contribution in [3.63, 3.8) is 0 Å². The first kappa shape index (κ1) is 14.0. The number of aromatic nitrogens is 1. The summed E-state index contributed by atoms with van der Waals surface area (Å²) in [4.78, 5) is 4.71. The second-order valence-corrected chi connectivity index (χ2v) is 5.24. The van der Waals surface area contributed by atoms with Crippen LogP contribution in [0.25, 0.3) is 10.9 Å². The first-order chi connectivity index (χ1) is 9.24. The zero-order chi connectivity index (χ0) is 13.7. The van der Waals surface area contributed by atoms with Crippen molar-refractivity contribution in [2.24, 2.45) is 11.8 Å². The number of nitrogens with two attached hydrogens (primary N) is 1. The summed E-state index contributed by atoms with van der Waals surface area (Å²) in [6.45, 7) is 4.45. The van der Waals surface area contributed by atoms with Crippen LogP contribution in [0.5, 0.6) is 0 Å². The number of hydrogen-bond donors (Lipinski definition) is 2. The van der Waals surface area contributed by atoms with Gasteiger partial charge in [0.05, 0.1) is 5.52 Å². The fraction of sp³-hybridized carbons (Fsp3) is 0.438. The van der Waals surface area contributed by atoms with Crippen LogP contribution in [0.2, 0.25) is 0 Å². The second kappa shape index (κ2) is 6.64. The summed E-state index contributed by atoms with van der Waals surface area (Å²) in [7, 11) is 0. The third-order valence-electron chi connectivity index (χ3n) is 3.73. The van der Waals surface area contributed by atoms with E-state index >= 15 is 0 Å². The van der Waals surface area contributed by atoms with Gasteiger partial charge >= 0.3 is 0 Å². The molecule has 1 heterocycles. The zero-order valence-electron chi connectivity index (χ0n) is 11.8. The summed E-state index contributed by atoms with van der Waals surface area (Å²) in [6.07, 6.45) is 3.25. The molecule has 0 spiro atoms. The summed E-state index contributed by atoms with van der Waals surface area (Å²) in [5.74, 6) is 6.25. The molecule has 0 radical (unpaired) electrons. The van der Waals surface area contributed by atoms with Crippen LogP contribution in [-0.2, 0) is 6.42 Å². The van der Waals surface area contributed by atoms with E-state index in [0.717, 1.165) is 17.6 Å². The zero-order valence-corrected chi connectivity index (χ0v) is 11.8. The Hall–Kier alpha value is -1.45. The summed E-state index contributed by atoms with van der Waals surface area (Å²) >= 11 is 0. The van der Waals surface area contributed by atoms with E-state index in [1.54, 1.807) is 0 Å². The molecule has 0 fully saturated rings. The van der Waals surface area contributed by atoms with Crippen molar-refractivity contribution in [3.05, 3.63) is 42.1 Å². The predicted octanol–water partition coefficient (Wildman–Crippen LogP) is 3.05. The Morgan fingerprint density at radius 1 is 1.21 bits per heavy atom. The van der Waals surface area contributed by atoms with Crippen LogP contribution >= 0.6 is 0 Å². The molecule has 102 valence electrons. The Morgan fingerprint density at radius 2 is 2.00 bits per heavy atom. The van der Waals surface area contributed by atoms with Crippen LogP contribution in [0.15, 0.2) is 36.4 Å². The fourth-order valence-corrected chi connectivity index (χ4v) is 2.53. The number of rotatable bonds is 6. The Labute approximate surface area is 115 Å². The average molecular weight is 257 g/mol. The summed E-state index contributed by atoms with van der Waals surface area (Å²) in [5.41, 5.74) is 5.10. The quantitative estimate of drug-likeness (QED) is 0.617. The van der Waals surface area contributed by atoms with Crippen LogP contribution in [0, 0.1) is 5.92 Å². The number of nitrogens with zero attached hydrogens (tertiary/aromatic N) is 1. The highest BCUT2D eigenvalue weighted by Crippen LogP contribution is 2.17. The van der Waals surface area contributed by atoms with Crippen LogP contribution in [0.1, 0.15) is 32.4 Å². The van der Waals surface area contributed by atoms with E-state index in [4.69, 9.17) is 10.8 Å². The van der Waals surface area contributed by atoms with E-state index in [-0.39, 0.29) is 6.04 Å². The molecule has 3 heteroatoms. The maximum atomic E-state index is 5.69. The maximum absolute atomic E-state index is 5.69. The van der Waals surface area contributed by atoms with Gasteiger partial charge < -0.3 is 0 Å². The third-order valence-corrected chi connectivity index (χ3v) is 3.73. The van der Waals surface area contributed by atoms with Crippen LogP contribution in [0.3, 0.4) is 0 Å². The van der Waals surface area contributed by atoms with Gasteiger partial charge in [0.15, 0.2) is 0 Å². The van der Waals surface area contributed by atoms with Crippen molar-refractivity contribution in [1.82, 2.24) is 10.4 Å². The molecule has 3 nitrogen and oxygen atoms in total. The van der Waals surface area contributed by atoms with Crippen molar-refractivity contribution in [2.75, 3.05) is 0 Å². The number of benzene rings is 1. The van der Waals surface area contributed by atoms with Crippen LogP contribution < -0.4 is 11.3 Å². The minimum Gasteiger partial charge on any atom is -0.271 e. The Morgan fingerprint density at radius 3 is 2.74 bits per heavy atom. The highest BCUT2D eigenvalue weighted by atomic mass is 15.2. The molecule has 1 aromatic carbocycles. The first-order valence-corrected chi connectivity index (χ1v) is 7.05. The van der Waals surface area contributed by atoms with Gasteiger partial charge in [-0.3, -0.25) is 16.3 Å². The van der Waals surface area contributed by atoms with Crippen LogP contribution in [-0.4, -0.2) is 11.0 Å². The van der Waals surface area contributed by atoms with Gasteiger partial charge in [-0.25, -0.2) is 0 Å². The number of pyridine rings is 1. The SMILES string of the molecule is CCCC(C)C(Cc1ccc2ccccc2n1)NN. The molecule has 0 aliphatic carbocycles. The van der Waals surface area contributed by atoms with Gasteiger partial charge in [-0.05, 0) is 24.5 Å². The molecular weight excluding hydrogens is 234 g/mol. The monoisotopic (exact) mass is 257 g/mol. The summed E-state index contributed by atoms with van der Waals surface area (Å²) in [6, 6.07) is 12.7. The minimum absolute atomic E-state index is 0.286. The van der Waals surface area contributed by atoms with Crippen molar-refractivity contribution in [2.45, 2.75) is 39.2 Å². The van der Waals surface area contributed by atoms with Crippen molar-refractivity contribution in [3.8, 4) is 0 Å². The molecule has 0 amide bonds. The molecule has 0 aliphatic heterocycles. The topological polar surface area (TPSA) is 50.9 Å². The number of fused-ring (bicyclic) bond motifs is 1. The Balaban J connectivity index is 2.15. The average Bonchev–Trinajstić information content (AvgIpc) is 2.44. The molecule has 19 heavy (non-hydrogen) atoms. The second-order valence-electron chi connectivity index (χ2n) is 5.24. The molecule has 0 saturated carbocycles. The van der Waals surface area contributed by atoms with E-state index in [1.165, 1.54) is 18.2 Å². The molecule has 3 N–H and O–H groups in total. The Kier molecular flexibility index (Phi) is 4.88. The van der Waals surface area contributed by atoms with Gasteiger partial charge in [0, 0.05) is 23.5 Å². The highest BCUT2D eigenvalue weighted by Gasteiger charge is 2.16. The van der Waals surface area contributed by atoms with Crippen molar-refractivity contribution < 1.29 is 0 Å². The first-order valence-electron chi connectivity index (χ1n) is 7.05. The molecule has 0 saturated heterocycles. The van der Waals surface area contributed by atoms with Gasteiger partial charge in [-0.15, -0.1) is 0 Å². The van der Waals surface area contributed by atoms with Crippen molar-refractivity contribution >= 4 is 10.9 Å². The molecule has 1 aromatic heterocycles. The van der Waals surface area contributed by atoms with E-state index in [2.05, 4.69) is 43.5 Å². The molecule has 2 aromatic rings. The lowest BCUT2D eigenvalue weighted by atomic mass is 9.93. The number of para-hydroxylation sites is 1. The molecular formula is C16H23N3. The number of hydrazine groups is 1. The Bertz CT molecular complexity index is 524. The van der Waals surface area contributed by atoms with Gasteiger partial charge in [0.25, 0.3) is 0 Å². The molecule has 2 atom stereocenters. The van der Waals surface area contributed by atoms with Crippen LogP contribution in [0.4, 0.5) is 0 Å². The standard InChI is InChI=1S/C16H23N3/c1-3-6-12(2)16(19-17)11-14-10-9-13-7-4-5-8-15(13)18-14/h4-5,7-10,12,16,19H,3,6,11,17H2,1-2H3. The largest absolute Gasteiger partial charge is 0.271 e. The number of hydrogen-bond acceptors (Lipinski definition) is 3. The third kappa shape index (κ3) is 3.52. The van der Waals surface area contributed by atoms with E-state index < -0.39 is 0 Å². The fourth-order valence-electron chi connectivity index (χ4n) is 2.53. The highest BCUT2D eigenvalue weighted by molar-refractivity contribution is 5.78. The van der Waals surface area contributed by atoms with Gasteiger partial charge in [0.1, 0.15) is 0 Å². The molecule has 0 bridgehead atoms. The van der Waals surface area contributed by atoms with E-state index in [0.29, 0.717) is 5.92 Å². The number of nitrogens with one attached hydrogen (secondary N) is 1. The lowest BCUT2D eigenvalue weighted by Gasteiger charge is -2.22. The van der Waals surface area contributed by atoms with Gasteiger partial charge in [0.2, 0.25) is 0 Å². The minimum atomic E-state index is 0.286. The molecule has 2 rings (SSSR count). The smallest absolute Gasteiger partial charge is 0.0705 e. The molecule has 2 unspecified atom stereocenters. The van der Waals surface area contributed by atoms with E-state index in [1.807, 2.05) is 12.1 Å². The predicted molar refractivity (Wildman–Crippen MR) is 80.6 cm³/mol. The van der Waals surface area contributed by atoms with Gasteiger partial charge in [-0.1, -0.05) is 44.5 Å². The van der Waals surface area contributed by atoms with Gasteiger partial charge in [-0.2, -0.15) is 0 Å². The normalized spacial score (nSPS) is 14.5. The summed E-state index contributed by atoms with van der Waals surface area (Å²) < 4.78 is 0.